The first-order valence-electron chi connectivity index (χ1n) is 13.0. The second-order valence-corrected chi connectivity index (χ2v) is 10.2. The topological polar surface area (TPSA) is 108 Å². The second kappa shape index (κ2) is 12.1. The number of carbonyl (C=O) groups is 2. The van der Waals surface area contributed by atoms with E-state index in [4.69, 9.17) is 14.2 Å². The Morgan fingerprint density at radius 1 is 0.975 bits per heavy atom. The van der Waals surface area contributed by atoms with Crippen LogP contribution in [0, 0.1) is 0 Å². The molecule has 1 aromatic heterocycles. The molecule has 0 spiro atoms. The molecule has 10 heteroatoms. The summed E-state index contributed by atoms with van der Waals surface area (Å²) in [7, 11) is 3.07. The van der Waals surface area contributed by atoms with Gasteiger partial charge in [0, 0.05) is 11.6 Å². The molecule has 1 heterocycles. The molecule has 0 unspecified atom stereocenters. The van der Waals surface area contributed by atoms with E-state index in [0.29, 0.717) is 46.1 Å². The molecule has 3 aromatic carbocycles. The van der Waals surface area contributed by atoms with Crippen LogP contribution in [0.25, 0.3) is 11.0 Å². The van der Waals surface area contributed by atoms with E-state index in [-0.39, 0.29) is 12.5 Å². The number of anilines is 1. The fourth-order valence-corrected chi connectivity index (χ4v) is 4.43. The first kappa shape index (κ1) is 28.4. The number of rotatable bonds is 10. The number of methoxy groups -OCH3 is 2. The predicted molar refractivity (Wildman–Crippen MR) is 153 cm³/mol. The summed E-state index contributed by atoms with van der Waals surface area (Å²) in [5.41, 5.74) is 1.73. The molecule has 1 N–H and O–H groups in total. The zero-order valence-electron chi connectivity index (χ0n) is 23.7. The largest absolute Gasteiger partial charge is 0.497 e. The molecule has 40 heavy (non-hydrogen) atoms. The third-order valence-electron chi connectivity index (χ3n) is 6.09. The second-order valence-electron chi connectivity index (χ2n) is 10.2. The quantitative estimate of drug-likeness (QED) is 0.312. The molecule has 4 aromatic rings. The first-order chi connectivity index (χ1) is 19.1. The van der Waals surface area contributed by atoms with Gasteiger partial charge < -0.3 is 19.5 Å². The molecular formula is C30H35N5O5. The molecule has 0 radical (unpaired) electrons. The van der Waals surface area contributed by atoms with Gasteiger partial charge in [0.1, 0.15) is 35.4 Å². The summed E-state index contributed by atoms with van der Waals surface area (Å²) in [6, 6.07) is 18.6. The highest BCUT2D eigenvalue weighted by atomic mass is 16.5. The maximum absolute atomic E-state index is 14.3. The Bertz CT molecular complexity index is 1470. The predicted octanol–water partition coefficient (Wildman–Crippen LogP) is 4.54. The monoisotopic (exact) mass is 545 g/mol. The lowest BCUT2D eigenvalue weighted by molar-refractivity contribution is -0.128. The van der Waals surface area contributed by atoms with Crippen molar-refractivity contribution in [3.05, 3.63) is 72.3 Å². The summed E-state index contributed by atoms with van der Waals surface area (Å²) >= 11 is 0. The third kappa shape index (κ3) is 6.33. The Morgan fingerprint density at radius 3 is 2.27 bits per heavy atom. The van der Waals surface area contributed by atoms with Crippen molar-refractivity contribution in [1.82, 2.24) is 20.3 Å². The van der Waals surface area contributed by atoms with E-state index in [9.17, 15) is 9.59 Å². The molecule has 0 saturated heterocycles. The summed E-state index contributed by atoms with van der Waals surface area (Å²) in [6.07, 6.45) is 0. The van der Waals surface area contributed by atoms with Gasteiger partial charge in [-0.05, 0) is 69.7 Å². The van der Waals surface area contributed by atoms with Crippen LogP contribution in [0.15, 0.2) is 66.7 Å². The minimum absolute atomic E-state index is 0.165. The van der Waals surface area contributed by atoms with Gasteiger partial charge in [0.25, 0.3) is 0 Å². The molecule has 2 amide bonds. The zero-order valence-corrected chi connectivity index (χ0v) is 23.7. The van der Waals surface area contributed by atoms with Crippen LogP contribution in [0.3, 0.4) is 0 Å². The third-order valence-corrected chi connectivity index (χ3v) is 6.09. The minimum atomic E-state index is -1.10. The maximum atomic E-state index is 14.3. The number of para-hydroxylation sites is 3. The lowest BCUT2D eigenvalue weighted by Crippen LogP contribution is -2.50. The molecule has 0 aliphatic heterocycles. The fourth-order valence-electron chi connectivity index (χ4n) is 4.43. The number of aromatic nitrogens is 3. The van der Waals surface area contributed by atoms with E-state index in [1.165, 1.54) is 23.8 Å². The molecule has 4 rings (SSSR count). The highest BCUT2D eigenvalue weighted by Crippen LogP contribution is 2.38. The summed E-state index contributed by atoms with van der Waals surface area (Å²) in [6.45, 7) is 7.73. The van der Waals surface area contributed by atoms with Crippen LogP contribution in [-0.4, -0.2) is 53.2 Å². The molecule has 0 bridgehead atoms. The normalized spacial score (nSPS) is 12.1. The van der Waals surface area contributed by atoms with Crippen LogP contribution in [-0.2, 0) is 16.1 Å². The van der Waals surface area contributed by atoms with Crippen molar-refractivity contribution in [2.75, 3.05) is 25.7 Å². The Morgan fingerprint density at radius 2 is 1.62 bits per heavy atom. The SMILES string of the molecule is CCOc1ccccc1N(C(=O)Cn1nnc2ccccc21)[C@H](C(=O)NC(C)(C)C)c1cc(OC)cc(OC)c1. The van der Waals surface area contributed by atoms with Gasteiger partial charge in [-0.25, -0.2) is 4.68 Å². The Kier molecular flexibility index (Phi) is 8.57. The molecule has 0 aliphatic carbocycles. The number of nitrogens with zero attached hydrogens (tertiary/aromatic N) is 4. The van der Waals surface area contributed by atoms with E-state index in [0.717, 1.165) is 0 Å². The standard InChI is InChI=1S/C30H35N5O5/c1-7-40-26-15-11-10-14-25(26)35(27(36)19-34-24-13-9-8-12-23(24)32-33-34)28(29(37)31-30(2,3)4)20-16-21(38-5)18-22(17-20)39-6/h8-18,28H,7,19H2,1-6H3,(H,31,37)/t28-/m0/s1. The van der Waals surface area contributed by atoms with Crippen molar-refractivity contribution in [2.24, 2.45) is 0 Å². The smallest absolute Gasteiger partial charge is 0.249 e. The number of ether oxygens (including phenoxy) is 3. The van der Waals surface area contributed by atoms with E-state index >= 15 is 0 Å². The van der Waals surface area contributed by atoms with Gasteiger partial charge in [-0.2, -0.15) is 0 Å². The summed E-state index contributed by atoms with van der Waals surface area (Å²) in [4.78, 5) is 29.9. The van der Waals surface area contributed by atoms with E-state index in [1.54, 1.807) is 36.4 Å². The average Bonchev–Trinajstić information content (AvgIpc) is 3.33. The van der Waals surface area contributed by atoms with Gasteiger partial charge in [-0.15, -0.1) is 5.10 Å². The lowest BCUT2D eigenvalue weighted by Gasteiger charge is -2.34. The highest BCUT2D eigenvalue weighted by molar-refractivity contribution is 6.02. The van der Waals surface area contributed by atoms with Crippen molar-refractivity contribution in [3.63, 3.8) is 0 Å². The van der Waals surface area contributed by atoms with Crippen molar-refractivity contribution in [1.29, 1.82) is 0 Å². The maximum Gasteiger partial charge on any atom is 0.249 e. The van der Waals surface area contributed by atoms with Gasteiger partial charge in [-0.3, -0.25) is 14.5 Å². The molecular weight excluding hydrogens is 510 g/mol. The van der Waals surface area contributed by atoms with Crippen LogP contribution in [0.5, 0.6) is 17.2 Å². The van der Waals surface area contributed by atoms with Crippen molar-refractivity contribution >= 4 is 28.5 Å². The number of hydrogen-bond donors (Lipinski definition) is 1. The van der Waals surface area contributed by atoms with Gasteiger partial charge in [0.15, 0.2) is 0 Å². The van der Waals surface area contributed by atoms with Crippen molar-refractivity contribution < 1.29 is 23.8 Å². The first-order valence-corrected chi connectivity index (χ1v) is 13.0. The summed E-state index contributed by atoms with van der Waals surface area (Å²) in [5, 5.41) is 11.4. The Labute approximate surface area is 233 Å². The Hall–Kier alpha value is -4.60. The number of amides is 2. The molecule has 1 atom stereocenters. The van der Waals surface area contributed by atoms with Crippen LogP contribution in [0.2, 0.25) is 0 Å². The minimum Gasteiger partial charge on any atom is -0.497 e. The molecule has 0 fully saturated rings. The fraction of sp³-hybridized carbons (Fsp3) is 0.333. The van der Waals surface area contributed by atoms with Crippen LogP contribution in [0.4, 0.5) is 5.69 Å². The van der Waals surface area contributed by atoms with E-state index in [2.05, 4.69) is 15.6 Å². The van der Waals surface area contributed by atoms with Gasteiger partial charge >= 0.3 is 0 Å². The number of nitrogens with one attached hydrogen (secondary N) is 1. The van der Waals surface area contributed by atoms with Crippen molar-refractivity contribution in [2.45, 2.75) is 45.8 Å². The van der Waals surface area contributed by atoms with Gasteiger partial charge in [0.2, 0.25) is 11.8 Å². The number of hydrogen-bond acceptors (Lipinski definition) is 7. The van der Waals surface area contributed by atoms with Gasteiger partial charge in [0.05, 0.1) is 32.0 Å². The average molecular weight is 546 g/mol. The lowest BCUT2D eigenvalue weighted by atomic mass is 9.99. The van der Waals surface area contributed by atoms with Gasteiger partial charge in [-0.1, -0.05) is 29.5 Å². The summed E-state index contributed by atoms with van der Waals surface area (Å²) < 4.78 is 18.5. The molecule has 0 aliphatic rings. The van der Waals surface area contributed by atoms with Crippen LogP contribution >= 0.6 is 0 Å². The number of benzene rings is 3. The molecule has 10 nitrogen and oxygen atoms in total. The molecule has 0 saturated carbocycles. The number of fused-ring (bicyclic) bond motifs is 1. The number of carbonyl (C=O) groups excluding carboxylic acids is 2. The zero-order chi connectivity index (χ0) is 28.9. The highest BCUT2D eigenvalue weighted by Gasteiger charge is 2.37. The van der Waals surface area contributed by atoms with Crippen molar-refractivity contribution in [3.8, 4) is 17.2 Å². The summed E-state index contributed by atoms with van der Waals surface area (Å²) in [5.74, 6) is 0.654. The Balaban J connectivity index is 1.92. The van der Waals surface area contributed by atoms with Crippen LogP contribution in [0.1, 0.15) is 39.3 Å². The van der Waals surface area contributed by atoms with E-state index in [1.807, 2.05) is 58.0 Å². The van der Waals surface area contributed by atoms with Crippen LogP contribution < -0.4 is 24.4 Å². The molecule has 210 valence electrons. The van der Waals surface area contributed by atoms with E-state index < -0.39 is 17.5 Å².